The van der Waals surface area contributed by atoms with Crippen LogP contribution in [0.4, 0.5) is 19.0 Å². The third-order valence-corrected chi connectivity index (χ3v) is 5.02. The summed E-state index contributed by atoms with van der Waals surface area (Å²) in [5.74, 6) is 1.60. The van der Waals surface area contributed by atoms with Gasteiger partial charge in [0.2, 0.25) is 0 Å². The van der Waals surface area contributed by atoms with Gasteiger partial charge in [0.15, 0.2) is 5.96 Å². The van der Waals surface area contributed by atoms with E-state index in [2.05, 4.69) is 20.6 Å². The molecular formula is C22H29F3IN5O. The molecule has 1 aromatic carbocycles. The second-order valence-electron chi connectivity index (χ2n) is 7.25. The molecule has 1 aliphatic rings. The number of guanidine groups is 1. The van der Waals surface area contributed by atoms with Gasteiger partial charge in [-0.25, -0.2) is 4.98 Å². The Morgan fingerprint density at radius 2 is 2.00 bits per heavy atom. The number of hydrogen-bond donors (Lipinski definition) is 2. The molecule has 3 rings (SSSR count). The number of aliphatic imine (C=N–C) groups is 1. The largest absolute Gasteiger partial charge is 0.416 e. The summed E-state index contributed by atoms with van der Waals surface area (Å²) in [6.45, 7) is 3.09. The number of aromatic nitrogens is 1. The number of benzene rings is 1. The second-order valence-corrected chi connectivity index (χ2v) is 7.25. The summed E-state index contributed by atoms with van der Waals surface area (Å²) in [5, 5.41) is 6.62. The maximum Gasteiger partial charge on any atom is 0.416 e. The molecule has 1 unspecified atom stereocenters. The van der Waals surface area contributed by atoms with Crippen LogP contribution in [0.15, 0.2) is 53.7 Å². The van der Waals surface area contributed by atoms with Crippen molar-refractivity contribution in [2.75, 3.05) is 45.2 Å². The van der Waals surface area contributed by atoms with Crippen molar-refractivity contribution in [3.05, 3.63) is 59.8 Å². The summed E-state index contributed by atoms with van der Waals surface area (Å²) in [7, 11) is 1.71. The predicted molar refractivity (Wildman–Crippen MR) is 130 cm³/mol. The first-order valence-corrected chi connectivity index (χ1v) is 10.4. The number of unbranched alkanes of at least 4 members (excludes halogenated alkanes) is 1. The Bertz CT molecular complexity index is 851. The molecule has 1 aromatic heterocycles. The lowest BCUT2D eigenvalue weighted by molar-refractivity contribution is -0.137. The normalized spacial score (nSPS) is 16.9. The van der Waals surface area contributed by atoms with Gasteiger partial charge in [0, 0.05) is 32.9 Å². The molecule has 1 saturated heterocycles. The number of nitrogens with one attached hydrogen (secondary N) is 2. The molecule has 0 spiro atoms. The highest BCUT2D eigenvalue weighted by atomic mass is 127. The van der Waals surface area contributed by atoms with Gasteiger partial charge in [0.05, 0.1) is 18.7 Å². The third-order valence-electron chi connectivity index (χ3n) is 5.02. The van der Waals surface area contributed by atoms with Crippen LogP contribution in [-0.4, -0.2) is 55.7 Å². The van der Waals surface area contributed by atoms with E-state index in [0.717, 1.165) is 43.8 Å². The van der Waals surface area contributed by atoms with Crippen molar-refractivity contribution in [2.45, 2.75) is 25.1 Å². The Morgan fingerprint density at radius 1 is 1.19 bits per heavy atom. The molecule has 0 aliphatic carbocycles. The van der Waals surface area contributed by atoms with Gasteiger partial charge in [-0.2, -0.15) is 13.2 Å². The van der Waals surface area contributed by atoms with Crippen molar-refractivity contribution in [1.29, 1.82) is 0 Å². The fraction of sp³-hybridized carbons (Fsp3) is 0.455. The number of ether oxygens (including phenoxy) is 1. The number of hydrogen-bond acceptors (Lipinski definition) is 4. The maximum absolute atomic E-state index is 13.0. The van der Waals surface area contributed by atoms with Crippen LogP contribution in [0.3, 0.4) is 0 Å². The van der Waals surface area contributed by atoms with Crippen molar-refractivity contribution in [1.82, 2.24) is 15.2 Å². The van der Waals surface area contributed by atoms with Crippen LogP contribution in [0.1, 0.15) is 30.1 Å². The van der Waals surface area contributed by atoms with E-state index in [4.69, 9.17) is 4.74 Å². The molecule has 2 N–H and O–H groups in total. The molecule has 6 nitrogen and oxygen atoms in total. The second kappa shape index (κ2) is 12.8. The van der Waals surface area contributed by atoms with Gasteiger partial charge >= 0.3 is 6.18 Å². The van der Waals surface area contributed by atoms with E-state index >= 15 is 0 Å². The van der Waals surface area contributed by atoms with Gasteiger partial charge in [-0.05, 0) is 42.7 Å². The van der Waals surface area contributed by atoms with Crippen molar-refractivity contribution >= 4 is 35.8 Å². The number of nitrogens with zero attached hydrogens (tertiary/aromatic N) is 3. The first-order chi connectivity index (χ1) is 15.0. The highest BCUT2D eigenvalue weighted by Crippen LogP contribution is 2.32. The van der Waals surface area contributed by atoms with Gasteiger partial charge in [-0.15, -0.1) is 24.0 Å². The van der Waals surface area contributed by atoms with Crippen LogP contribution in [-0.2, 0) is 10.9 Å². The molecule has 176 valence electrons. The van der Waals surface area contributed by atoms with Crippen molar-refractivity contribution in [3.63, 3.8) is 0 Å². The van der Waals surface area contributed by atoms with Gasteiger partial charge in [-0.3, -0.25) is 4.99 Å². The number of rotatable bonds is 7. The Hall–Kier alpha value is -2.08. The minimum atomic E-state index is -4.37. The van der Waals surface area contributed by atoms with Crippen LogP contribution < -0.4 is 10.6 Å². The number of anilines is 1. The Labute approximate surface area is 203 Å². The number of halogens is 4. The minimum absolute atomic E-state index is 0. The maximum atomic E-state index is 13.0. The molecule has 0 saturated carbocycles. The molecule has 1 fully saturated rings. The van der Waals surface area contributed by atoms with Gasteiger partial charge < -0.3 is 20.3 Å². The van der Waals surface area contributed by atoms with Crippen LogP contribution in [0.25, 0.3) is 0 Å². The highest BCUT2D eigenvalue weighted by molar-refractivity contribution is 14.0. The zero-order valence-electron chi connectivity index (χ0n) is 17.9. The van der Waals surface area contributed by atoms with Gasteiger partial charge in [-0.1, -0.05) is 18.2 Å². The molecule has 0 amide bonds. The summed E-state index contributed by atoms with van der Waals surface area (Å²) >= 11 is 0. The zero-order chi connectivity index (χ0) is 22.1. The van der Waals surface area contributed by atoms with E-state index in [9.17, 15) is 13.2 Å². The lowest BCUT2D eigenvalue weighted by Gasteiger charge is -2.35. The molecule has 10 heteroatoms. The smallest absolute Gasteiger partial charge is 0.370 e. The lowest BCUT2D eigenvalue weighted by atomic mass is 10.0. The molecule has 1 atom stereocenters. The summed E-state index contributed by atoms with van der Waals surface area (Å²) in [4.78, 5) is 10.6. The van der Waals surface area contributed by atoms with E-state index in [0.29, 0.717) is 25.3 Å². The average molecular weight is 563 g/mol. The average Bonchev–Trinajstić information content (AvgIpc) is 2.79. The topological polar surface area (TPSA) is 61.8 Å². The quantitative estimate of drug-likeness (QED) is 0.224. The van der Waals surface area contributed by atoms with E-state index < -0.39 is 17.8 Å². The first-order valence-electron chi connectivity index (χ1n) is 10.4. The van der Waals surface area contributed by atoms with E-state index in [1.54, 1.807) is 19.3 Å². The molecule has 2 aromatic rings. The van der Waals surface area contributed by atoms with Gasteiger partial charge in [0.1, 0.15) is 11.9 Å². The number of alkyl halides is 3. The Balaban J connectivity index is 0.00000363. The zero-order valence-corrected chi connectivity index (χ0v) is 20.3. The standard InChI is InChI=1S/C22H28F3N5O.HI/c1-26-21(29-12-5-4-11-28-20-9-2-3-10-27-20)30-13-14-31-19(16-30)17-7-6-8-18(15-17)22(23,24)25;/h2-3,6-10,15,19H,4-5,11-14,16H2,1H3,(H,26,29)(H,27,28);1H. The molecular weight excluding hydrogens is 534 g/mol. The van der Waals surface area contributed by atoms with Crippen LogP contribution in [0.2, 0.25) is 0 Å². The monoisotopic (exact) mass is 563 g/mol. The highest BCUT2D eigenvalue weighted by Gasteiger charge is 2.32. The fourth-order valence-corrected chi connectivity index (χ4v) is 3.42. The van der Waals surface area contributed by atoms with Crippen LogP contribution in [0.5, 0.6) is 0 Å². The fourth-order valence-electron chi connectivity index (χ4n) is 3.42. The molecule has 2 heterocycles. The summed E-state index contributed by atoms with van der Waals surface area (Å²) in [5.41, 5.74) is -0.136. The van der Waals surface area contributed by atoms with Crippen molar-refractivity contribution in [2.24, 2.45) is 4.99 Å². The van der Waals surface area contributed by atoms with Crippen LogP contribution in [0, 0.1) is 0 Å². The van der Waals surface area contributed by atoms with E-state index in [1.807, 2.05) is 23.1 Å². The SMILES string of the molecule is CN=C(NCCCCNc1ccccn1)N1CCOC(c2cccc(C(F)(F)F)c2)C1.I. The number of pyridine rings is 1. The predicted octanol–water partition coefficient (Wildman–Crippen LogP) is 4.56. The Morgan fingerprint density at radius 3 is 2.72 bits per heavy atom. The van der Waals surface area contributed by atoms with E-state index in [-0.39, 0.29) is 24.0 Å². The lowest BCUT2D eigenvalue weighted by Crippen LogP contribution is -2.48. The van der Waals surface area contributed by atoms with E-state index in [1.165, 1.54) is 12.1 Å². The van der Waals surface area contributed by atoms with Crippen LogP contribution >= 0.6 is 24.0 Å². The third kappa shape index (κ3) is 7.80. The minimum Gasteiger partial charge on any atom is -0.370 e. The molecule has 32 heavy (non-hydrogen) atoms. The summed E-state index contributed by atoms with van der Waals surface area (Å²) in [6.07, 6.45) is -1.13. The van der Waals surface area contributed by atoms with Gasteiger partial charge in [0.25, 0.3) is 0 Å². The first kappa shape index (κ1) is 26.2. The molecule has 0 bridgehead atoms. The summed E-state index contributed by atoms with van der Waals surface area (Å²) < 4.78 is 44.8. The van der Waals surface area contributed by atoms with Crippen molar-refractivity contribution < 1.29 is 17.9 Å². The molecule has 0 radical (unpaired) electrons. The van der Waals surface area contributed by atoms with Crippen molar-refractivity contribution in [3.8, 4) is 0 Å². The number of morpholine rings is 1. The Kier molecular flexibility index (Phi) is 10.5. The summed E-state index contributed by atoms with van der Waals surface area (Å²) in [6, 6.07) is 11.1. The molecule has 1 aliphatic heterocycles.